The quantitative estimate of drug-likeness (QED) is 0.656. The molecule has 1 atom stereocenters. The molecule has 0 spiro atoms. The zero-order valence-corrected chi connectivity index (χ0v) is 10.1. The summed E-state index contributed by atoms with van der Waals surface area (Å²) >= 11 is 0. The minimum absolute atomic E-state index is 0.135. The van der Waals surface area contributed by atoms with E-state index in [1.165, 1.54) is 0 Å². The highest BCUT2D eigenvalue weighted by Crippen LogP contribution is 2.27. The van der Waals surface area contributed by atoms with E-state index in [0.717, 1.165) is 25.7 Å². The molecule has 0 saturated heterocycles. The summed E-state index contributed by atoms with van der Waals surface area (Å²) in [4.78, 5) is 0. The van der Waals surface area contributed by atoms with Crippen LogP contribution in [0.3, 0.4) is 0 Å². The van der Waals surface area contributed by atoms with Crippen molar-refractivity contribution in [3.8, 4) is 0 Å². The molecule has 2 N–H and O–H groups in total. The third-order valence-electron chi connectivity index (χ3n) is 2.77. The first-order chi connectivity index (χ1) is 7.10. The minimum Gasteiger partial charge on any atom is -0.396 e. The molecule has 0 amide bonds. The van der Waals surface area contributed by atoms with Gasteiger partial charge in [0.15, 0.2) is 0 Å². The number of hydrogen-bond acceptors (Lipinski definition) is 3. The van der Waals surface area contributed by atoms with E-state index in [1.54, 1.807) is 0 Å². The normalized spacial score (nSPS) is 19.1. The van der Waals surface area contributed by atoms with E-state index in [-0.39, 0.29) is 17.8 Å². The third-order valence-corrected chi connectivity index (χ3v) is 4.69. The first-order valence-corrected chi connectivity index (χ1v) is 7.24. The number of sulfonamides is 1. The summed E-state index contributed by atoms with van der Waals surface area (Å²) in [7, 11) is -3.05. The molecule has 1 fully saturated rings. The maximum atomic E-state index is 11.5. The van der Waals surface area contributed by atoms with Crippen LogP contribution in [0.5, 0.6) is 0 Å². The lowest BCUT2D eigenvalue weighted by atomic mass is 10.0. The van der Waals surface area contributed by atoms with Gasteiger partial charge in [-0.15, -0.1) is 0 Å². The second-order valence-electron chi connectivity index (χ2n) is 4.26. The van der Waals surface area contributed by atoms with E-state index in [1.807, 2.05) is 0 Å². The summed E-state index contributed by atoms with van der Waals surface area (Å²) in [6, 6.07) is 0. The summed E-state index contributed by atoms with van der Waals surface area (Å²) < 4.78 is 25.7. The summed E-state index contributed by atoms with van der Waals surface area (Å²) in [6.07, 6.45) is 4.27. The molecule has 0 radical (unpaired) electrons. The maximum Gasteiger partial charge on any atom is 0.214 e. The largest absolute Gasteiger partial charge is 0.396 e. The van der Waals surface area contributed by atoms with Crippen molar-refractivity contribution < 1.29 is 13.5 Å². The molecule has 0 aliphatic heterocycles. The van der Waals surface area contributed by atoms with E-state index in [4.69, 9.17) is 5.11 Å². The Morgan fingerprint density at radius 2 is 2.07 bits per heavy atom. The molecule has 1 rings (SSSR count). The fourth-order valence-electron chi connectivity index (χ4n) is 1.67. The van der Waals surface area contributed by atoms with Gasteiger partial charge in [-0.1, -0.05) is 13.3 Å². The predicted octanol–water partition coefficient (Wildman–Crippen LogP) is 0.867. The average Bonchev–Trinajstić information content (AvgIpc) is 2.98. The Morgan fingerprint density at radius 3 is 2.53 bits per heavy atom. The molecule has 0 heterocycles. The van der Waals surface area contributed by atoms with Crippen LogP contribution >= 0.6 is 0 Å². The number of nitrogens with one attached hydrogen (secondary N) is 1. The molecular weight excluding hydrogens is 214 g/mol. The van der Waals surface area contributed by atoms with E-state index < -0.39 is 10.0 Å². The van der Waals surface area contributed by atoms with Crippen LogP contribution in [-0.2, 0) is 10.0 Å². The lowest BCUT2D eigenvalue weighted by Crippen LogP contribution is -2.32. The number of aliphatic hydroxyl groups is 1. The van der Waals surface area contributed by atoms with Crippen LogP contribution in [0, 0.1) is 5.92 Å². The number of rotatable bonds is 8. The van der Waals surface area contributed by atoms with Crippen LogP contribution in [0.25, 0.3) is 0 Å². The van der Waals surface area contributed by atoms with Crippen molar-refractivity contribution in [1.29, 1.82) is 0 Å². The second kappa shape index (κ2) is 5.82. The van der Waals surface area contributed by atoms with E-state index in [9.17, 15) is 8.42 Å². The van der Waals surface area contributed by atoms with E-state index >= 15 is 0 Å². The Morgan fingerprint density at radius 1 is 1.40 bits per heavy atom. The molecule has 0 bridgehead atoms. The first-order valence-electron chi connectivity index (χ1n) is 5.69. The molecular formula is C10H21NO3S. The summed E-state index contributed by atoms with van der Waals surface area (Å²) in [5, 5.41) is 8.69. The highest BCUT2D eigenvalue weighted by atomic mass is 32.2. The molecule has 1 aliphatic rings. The lowest BCUT2D eigenvalue weighted by Gasteiger charge is -2.15. The van der Waals surface area contributed by atoms with Crippen molar-refractivity contribution in [2.45, 2.75) is 44.3 Å². The number of hydrogen-bond donors (Lipinski definition) is 2. The van der Waals surface area contributed by atoms with Crippen molar-refractivity contribution >= 4 is 10.0 Å². The van der Waals surface area contributed by atoms with Gasteiger partial charge in [-0.25, -0.2) is 13.1 Å². The monoisotopic (exact) mass is 235 g/mol. The summed E-state index contributed by atoms with van der Waals surface area (Å²) in [6.45, 7) is 2.68. The Hall–Kier alpha value is -0.130. The molecule has 90 valence electrons. The van der Waals surface area contributed by atoms with Gasteiger partial charge in [-0.3, -0.25) is 0 Å². The van der Waals surface area contributed by atoms with Crippen LogP contribution in [0.2, 0.25) is 0 Å². The highest BCUT2D eigenvalue weighted by Gasteiger charge is 2.35. The smallest absolute Gasteiger partial charge is 0.214 e. The van der Waals surface area contributed by atoms with Gasteiger partial charge in [0.2, 0.25) is 10.0 Å². The van der Waals surface area contributed by atoms with Crippen LogP contribution in [0.1, 0.15) is 39.0 Å². The Labute approximate surface area is 92.1 Å². The molecule has 15 heavy (non-hydrogen) atoms. The fraction of sp³-hybridized carbons (Fsp3) is 1.00. The van der Waals surface area contributed by atoms with Gasteiger partial charge in [0.05, 0.1) is 5.25 Å². The van der Waals surface area contributed by atoms with Crippen molar-refractivity contribution in [3.63, 3.8) is 0 Å². The Bertz CT molecular complexity index is 266. The molecule has 1 unspecified atom stereocenters. The maximum absolute atomic E-state index is 11.5. The van der Waals surface area contributed by atoms with E-state index in [0.29, 0.717) is 13.0 Å². The van der Waals surface area contributed by atoms with Crippen molar-refractivity contribution in [1.82, 2.24) is 4.72 Å². The van der Waals surface area contributed by atoms with Crippen LogP contribution in [0.4, 0.5) is 0 Å². The molecule has 5 heteroatoms. The molecule has 0 aromatic carbocycles. The summed E-state index contributed by atoms with van der Waals surface area (Å²) in [5.41, 5.74) is 0. The predicted molar refractivity (Wildman–Crippen MR) is 60.0 cm³/mol. The fourth-order valence-corrected chi connectivity index (χ4v) is 3.13. The van der Waals surface area contributed by atoms with Gasteiger partial charge < -0.3 is 5.11 Å². The SMILES string of the molecule is CCCC(CCO)CNS(=O)(=O)C1CC1. The van der Waals surface area contributed by atoms with Crippen LogP contribution in [-0.4, -0.2) is 31.9 Å². The van der Waals surface area contributed by atoms with E-state index in [2.05, 4.69) is 11.6 Å². The first kappa shape index (κ1) is 12.9. The Balaban J connectivity index is 2.31. The van der Waals surface area contributed by atoms with Crippen molar-refractivity contribution in [2.24, 2.45) is 5.92 Å². The molecule has 0 aromatic heterocycles. The van der Waals surface area contributed by atoms with Gasteiger partial charge in [0, 0.05) is 13.2 Å². The van der Waals surface area contributed by atoms with Gasteiger partial charge in [-0.2, -0.15) is 0 Å². The average molecular weight is 235 g/mol. The van der Waals surface area contributed by atoms with Crippen molar-refractivity contribution in [3.05, 3.63) is 0 Å². The van der Waals surface area contributed by atoms with Gasteiger partial charge in [-0.05, 0) is 31.6 Å². The zero-order valence-electron chi connectivity index (χ0n) is 9.28. The Kier molecular flexibility index (Phi) is 5.02. The highest BCUT2D eigenvalue weighted by molar-refractivity contribution is 7.90. The third kappa shape index (κ3) is 4.49. The van der Waals surface area contributed by atoms with Crippen LogP contribution in [0.15, 0.2) is 0 Å². The van der Waals surface area contributed by atoms with Gasteiger partial charge in [0.1, 0.15) is 0 Å². The molecule has 1 aliphatic carbocycles. The van der Waals surface area contributed by atoms with Gasteiger partial charge in [0.25, 0.3) is 0 Å². The number of aliphatic hydroxyl groups excluding tert-OH is 1. The lowest BCUT2D eigenvalue weighted by molar-refractivity contribution is 0.251. The van der Waals surface area contributed by atoms with Gasteiger partial charge >= 0.3 is 0 Å². The standard InChI is InChI=1S/C10H21NO3S/c1-2-3-9(6-7-12)8-11-15(13,14)10-4-5-10/h9-12H,2-8H2,1H3. The zero-order chi connectivity index (χ0) is 11.3. The summed E-state index contributed by atoms with van der Waals surface area (Å²) in [5.74, 6) is 0.272. The molecule has 1 saturated carbocycles. The molecule has 4 nitrogen and oxygen atoms in total. The van der Waals surface area contributed by atoms with Crippen LogP contribution < -0.4 is 4.72 Å². The topological polar surface area (TPSA) is 66.4 Å². The second-order valence-corrected chi connectivity index (χ2v) is 6.31. The minimum atomic E-state index is -3.05. The van der Waals surface area contributed by atoms with Crippen molar-refractivity contribution in [2.75, 3.05) is 13.2 Å². The molecule has 0 aromatic rings.